The average Bonchev–Trinajstić information content (AvgIpc) is 3.07. The Kier molecular flexibility index (Phi) is 5.84. The second-order valence-electron chi connectivity index (χ2n) is 5.01. The van der Waals surface area contributed by atoms with E-state index in [1.807, 2.05) is 0 Å². The lowest BCUT2D eigenvalue weighted by Crippen LogP contribution is -2.43. The van der Waals surface area contributed by atoms with Crippen molar-refractivity contribution in [3.05, 3.63) is 58.0 Å². The van der Waals surface area contributed by atoms with Crippen molar-refractivity contribution in [2.24, 2.45) is 0 Å². The summed E-state index contributed by atoms with van der Waals surface area (Å²) in [4.78, 5) is 24.1. The largest absolute Gasteiger partial charge is 0.386 e. The molecule has 0 aliphatic carbocycles. The molecule has 122 valence electrons. The fourth-order valence-corrected chi connectivity index (χ4v) is 2.63. The molecule has 23 heavy (non-hydrogen) atoms. The summed E-state index contributed by atoms with van der Waals surface area (Å²) in [5, 5.41) is 17.0. The number of amides is 2. The monoisotopic (exact) mass is 336 g/mol. The van der Waals surface area contributed by atoms with Gasteiger partial charge in [0, 0.05) is 0 Å². The molecule has 0 unspecified atom stereocenters. The van der Waals surface area contributed by atoms with Crippen LogP contribution < -0.4 is 10.6 Å². The fraction of sp³-hybridized carbons (Fsp3) is 0.250. The van der Waals surface area contributed by atoms with E-state index in [4.69, 9.17) is 0 Å². The molecule has 7 heteroatoms. The third-order valence-corrected chi connectivity index (χ3v) is 4.10. The van der Waals surface area contributed by atoms with Gasteiger partial charge in [-0.1, -0.05) is 18.2 Å². The van der Waals surface area contributed by atoms with Crippen molar-refractivity contribution in [3.63, 3.8) is 0 Å². The lowest BCUT2D eigenvalue weighted by Gasteiger charge is -2.20. The molecule has 0 bridgehead atoms. The standard InChI is InChI=1S/C16H17FN2O3S/c1-10(15(21)11-4-6-12(17)7-5-11)19-14(20)9-18-16(22)13-3-2-8-23-13/h2-8,10,15,21H,9H2,1H3,(H,18,22)(H,19,20)/t10-,15+/m1/s1. The number of aliphatic hydroxyl groups is 1. The lowest BCUT2D eigenvalue weighted by molar-refractivity contribution is -0.121. The van der Waals surface area contributed by atoms with Gasteiger partial charge in [-0.3, -0.25) is 9.59 Å². The van der Waals surface area contributed by atoms with E-state index in [2.05, 4.69) is 10.6 Å². The van der Waals surface area contributed by atoms with Gasteiger partial charge in [0.25, 0.3) is 5.91 Å². The van der Waals surface area contributed by atoms with Gasteiger partial charge in [0.2, 0.25) is 5.91 Å². The van der Waals surface area contributed by atoms with Gasteiger partial charge in [0.1, 0.15) is 5.82 Å². The minimum absolute atomic E-state index is 0.183. The average molecular weight is 336 g/mol. The molecule has 0 fully saturated rings. The molecule has 2 amide bonds. The molecular formula is C16H17FN2O3S. The Morgan fingerprint density at radius 3 is 2.57 bits per heavy atom. The van der Waals surface area contributed by atoms with Crippen LogP contribution in [0.25, 0.3) is 0 Å². The van der Waals surface area contributed by atoms with Crippen molar-refractivity contribution in [3.8, 4) is 0 Å². The van der Waals surface area contributed by atoms with E-state index in [-0.39, 0.29) is 12.5 Å². The number of thiophene rings is 1. The number of benzene rings is 1. The van der Waals surface area contributed by atoms with Gasteiger partial charge in [-0.2, -0.15) is 0 Å². The van der Waals surface area contributed by atoms with Crippen LogP contribution in [-0.4, -0.2) is 29.5 Å². The van der Waals surface area contributed by atoms with Crippen LogP contribution in [0, 0.1) is 5.82 Å². The van der Waals surface area contributed by atoms with Crippen molar-refractivity contribution in [1.82, 2.24) is 10.6 Å². The van der Waals surface area contributed by atoms with Gasteiger partial charge in [0.05, 0.1) is 23.6 Å². The smallest absolute Gasteiger partial charge is 0.261 e. The zero-order valence-corrected chi connectivity index (χ0v) is 13.3. The molecule has 2 aromatic rings. The molecular weight excluding hydrogens is 319 g/mol. The summed E-state index contributed by atoms with van der Waals surface area (Å²) >= 11 is 1.29. The summed E-state index contributed by atoms with van der Waals surface area (Å²) in [5.74, 6) is -1.13. The predicted molar refractivity (Wildman–Crippen MR) is 85.6 cm³/mol. The molecule has 2 atom stereocenters. The summed E-state index contributed by atoms with van der Waals surface area (Å²) in [6.45, 7) is 1.45. The Labute approximate surface area is 137 Å². The van der Waals surface area contributed by atoms with E-state index in [9.17, 15) is 19.1 Å². The highest BCUT2D eigenvalue weighted by molar-refractivity contribution is 7.12. The summed E-state index contributed by atoms with van der Waals surface area (Å²) in [5.41, 5.74) is 0.502. The molecule has 2 rings (SSSR count). The summed E-state index contributed by atoms with van der Waals surface area (Å²) in [7, 11) is 0. The highest BCUT2D eigenvalue weighted by Gasteiger charge is 2.19. The molecule has 1 aromatic carbocycles. The number of halogens is 1. The van der Waals surface area contributed by atoms with Gasteiger partial charge < -0.3 is 15.7 Å². The van der Waals surface area contributed by atoms with Gasteiger partial charge >= 0.3 is 0 Å². The lowest BCUT2D eigenvalue weighted by atomic mass is 10.0. The first-order valence-corrected chi connectivity index (χ1v) is 7.90. The van der Waals surface area contributed by atoms with Crippen molar-refractivity contribution in [2.75, 3.05) is 6.54 Å². The summed E-state index contributed by atoms with van der Waals surface area (Å²) in [6, 6.07) is 8.25. The van der Waals surface area contributed by atoms with Crippen LogP contribution in [-0.2, 0) is 4.79 Å². The number of aliphatic hydroxyl groups excluding tert-OH is 1. The van der Waals surface area contributed by atoms with Crippen molar-refractivity contribution in [2.45, 2.75) is 19.1 Å². The highest BCUT2D eigenvalue weighted by Crippen LogP contribution is 2.17. The number of carbonyl (C=O) groups excluding carboxylic acids is 2. The van der Waals surface area contributed by atoms with E-state index < -0.39 is 23.9 Å². The highest BCUT2D eigenvalue weighted by atomic mass is 32.1. The number of hydrogen-bond donors (Lipinski definition) is 3. The summed E-state index contributed by atoms with van der Waals surface area (Å²) in [6.07, 6.45) is -0.965. The maximum Gasteiger partial charge on any atom is 0.261 e. The zero-order valence-electron chi connectivity index (χ0n) is 12.5. The Balaban J connectivity index is 1.82. The molecule has 0 saturated heterocycles. The maximum atomic E-state index is 12.9. The minimum Gasteiger partial charge on any atom is -0.386 e. The quantitative estimate of drug-likeness (QED) is 0.753. The molecule has 0 spiro atoms. The van der Waals surface area contributed by atoms with Crippen LogP contribution in [0.5, 0.6) is 0 Å². The van der Waals surface area contributed by atoms with Crippen LogP contribution in [0.4, 0.5) is 4.39 Å². The van der Waals surface area contributed by atoms with Crippen molar-refractivity contribution < 1.29 is 19.1 Å². The number of hydrogen-bond acceptors (Lipinski definition) is 4. The van der Waals surface area contributed by atoms with Crippen LogP contribution in [0.1, 0.15) is 28.3 Å². The van der Waals surface area contributed by atoms with Crippen LogP contribution in [0.15, 0.2) is 41.8 Å². The van der Waals surface area contributed by atoms with E-state index in [1.54, 1.807) is 24.4 Å². The molecule has 1 heterocycles. The van der Waals surface area contributed by atoms with E-state index >= 15 is 0 Å². The molecule has 0 aliphatic heterocycles. The minimum atomic E-state index is -0.965. The normalized spacial score (nSPS) is 13.2. The Morgan fingerprint density at radius 1 is 1.26 bits per heavy atom. The zero-order chi connectivity index (χ0) is 16.8. The topological polar surface area (TPSA) is 78.4 Å². The fourth-order valence-electron chi connectivity index (χ4n) is 1.99. The Bertz CT molecular complexity index is 658. The molecule has 3 N–H and O–H groups in total. The third-order valence-electron chi connectivity index (χ3n) is 3.23. The number of carbonyl (C=O) groups is 2. The second kappa shape index (κ2) is 7.85. The van der Waals surface area contributed by atoms with Crippen LogP contribution >= 0.6 is 11.3 Å². The maximum absolute atomic E-state index is 12.9. The summed E-state index contributed by atoms with van der Waals surface area (Å²) < 4.78 is 12.9. The van der Waals surface area contributed by atoms with Crippen LogP contribution in [0.2, 0.25) is 0 Å². The third kappa shape index (κ3) is 4.87. The molecule has 0 aliphatic rings. The molecule has 0 radical (unpaired) electrons. The SMILES string of the molecule is C[C@@H](NC(=O)CNC(=O)c1cccs1)[C@H](O)c1ccc(F)cc1. The molecule has 5 nitrogen and oxygen atoms in total. The van der Waals surface area contributed by atoms with E-state index in [0.717, 1.165) is 0 Å². The Morgan fingerprint density at radius 2 is 1.96 bits per heavy atom. The first kappa shape index (κ1) is 17.1. The first-order chi connectivity index (χ1) is 11.0. The second-order valence-corrected chi connectivity index (χ2v) is 5.96. The van der Waals surface area contributed by atoms with Gasteiger partial charge in [0.15, 0.2) is 0 Å². The predicted octanol–water partition coefficient (Wildman–Crippen LogP) is 1.86. The van der Waals surface area contributed by atoms with Crippen LogP contribution in [0.3, 0.4) is 0 Å². The van der Waals surface area contributed by atoms with Gasteiger partial charge in [-0.15, -0.1) is 11.3 Å². The van der Waals surface area contributed by atoms with E-state index in [1.165, 1.54) is 35.6 Å². The Hall–Kier alpha value is -2.25. The van der Waals surface area contributed by atoms with Crippen molar-refractivity contribution in [1.29, 1.82) is 0 Å². The number of nitrogens with one attached hydrogen (secondary N) is 2. The number of rotatable bonds is 6. The molecule has 0 saturated carbocycles. The van der Waals surface area contributed by atoms with E-state index in [0.29, 0.717) is 10.4 Å². The van der Waals surface area contributed by atoms with Gasteiger partial charge in [-0.05, 0) is 36.1 Å². The van der Waals surface area contributed by atoms with Crippen molar-refractivity contribution >= 4 is 23.2 Å². The molecule has 1 aromatic heterocycles. The van der Waals surface area contributed by atoms with Gasteiger partial charge in [-0.25, -0.2) is 4.39 Å². The first-order valence-electron chi connectivity index (χ1n) is 7.02.